The highest BCUT2D eigenvalue weighted by Crippen LogP contribution is 2.26. The molecule has 0 spiro atoms. The van der Waals surface area contributed by atoms with Crippen LogP contribution in [0.3, 0.4) is 0 Å². The van der Waals surface area contributed by atoms with Gasteiger partial charge in [0.25, 0.3) is 0 Å². The van der Waals surface area contributed by atoms with Crippen molar-refractivity contribution in [3.05, 3.63) is 53.6 Å². The maximum Gasteiger partial charge on any atom is 0.186 e. The van der Waals surface area contributed by atoms with E-state index in [1.54, 1.807) is 36.7 Å². The van der Waals surface area contributed by atoms with Crippen molar-refractivity contribution in [3.8, 4) is 6.07 Å². The van der Waals surface area contributed by atoms with Crippen LogP contribution < -0.4 is 0 Å². The van der Waals surface area contributed by atoms with Gasteiger partial charge in [-0.15, -0.1) is 0 Å². The molecule has 6 heteroatoms. The van der Waals surface area contributed by atoms with Crippen molar-refractivity contribution in [2.45, 2.75) is 39.2 Å². The number of nitriles is 1. The van der Waals surface area contributed by atoms with Crippen molar-refractivity contribution >= 4 is 16.8 Å². The summed E-state index contributed by atoms with van der Waals surface area (Å²) >= 11 is 0. The zero-order valence-electron chi connectivity index (χ0n) is 14.5. The van der Waals surface area contributed by atoms with E-state index in [-0.39, 0.29) is 11.8 Å². The lowest BCUT2D eigenvalue weighted by molar-refractivity contribution is 0.0979. The first-order valence-corrected chi connectivity index (χ1v) is 8.26. The molecule has 0 aliphatic rings. The molecule has 0 amide bonds. The molecule has 3 aromatic rings. The summed E-state index contributed by atoms with van der Waals surface area (Å²) in [5, 5.41) is 14.6. The van der Waals surface area contributed by atoms with Gasteiger partial charge in [-0.3, -0.25) is 9.78 Å². The van der Waals surface area contributed by atoms with E-state index in [1.807, 2.05) is 11.6 Å². The average molecular weight is 333 g/mol. The molecule has 126 valence electrons. The zero-order valence-corrected chi connectivity index (χ0v) is 14.5. The van der Waals surface area contributed by atoms with Crippen LogP contribution in [0.4, 0.5) is 0 Å². The standard InChI is InChI=1S/C19H19N5O/c1-4-13(3)24-19-16(11-22-24)14(9-12(2)23-19)18(25)15(10-20)17-7-5-6-8-21-17/h5-9,11,13,15H,4H2,1-3H3/t13-,15+/m0/s1. The molecule has 0 fully saturated rings. The highest BCUT2D eigenvalue weighted by atomic mass is 16.1. The summed E-state index contributed by atoms with van der Waals surface area (Å²) in [6.07, 6.45) is 4.15. The Bertz CT molecular complexity index is 955. The fourth-order valence-electron chi connectivity index (χ4n) is 2.80. The van der Waals surface area contributed by atoms with Crippen LogP contribution in [0.5, 0.6) is 0 Å². The molecule has 0 N–H and O–H groups in total. The largest absolute Gasteiger partial charge is 0.292 e. The SMILES string of the molecule is CC[C@H](C)n1ncc2c(C(=O)[C@H](C#N)c3ccccn3)cc(C)nc21. The van der Waals surface area contributed by atoms with Crippen LogP contribution in [0.1, 0.15) is 54.0 Å². The molecule has 0 unspecified atom stereocenters. The van der Waals surface area contributed by atoms with E-state index in [2.05, 4.69) is 35.0 Å². The third kappa shape index (κ3) is 3.01. The van der Waals surface area contributed by atoms with E-state index in [1.165, 1.54) is 0 Å². The van der Waals surface area contributed by atoms with Crippen molar-refractivity contribution in [1.29, 1.82) is 5.26 Å². The van der Waals surface area contributed by atoms with Crippen molar-refractivity contribution in [2.75, 3.05) is 0 Å². The van der Waals surface area contributed by atoms with Gasteiger partial charge in [0, 0.05) is 22.8 Å². The Morgan fingerprint density at radius 2 is 2.20 bits per heavy atom. The van der Waals surface area contributed by atoms with Crippen LogP contribution in [0.15, 0.2) is 36.7 Å². The number of aryl methyl sites for hydroxylation is 1. The molecule has 0 aromatic carbocycles. The first kappa shape index (κ1) is 16.8. The molecule has 6 nitrogen and oxygen atoms in total. The van der Waals surface area contributed by atoms with Crippen LogP contribution in [0.2, 0.25) is 0 Å². The van der Waals surface area contributed by atoms with Gasteiger partial charge in [-0.25, -0.2) is 9.67 Å². The molecule has 3 aromatic heterocycles. The van der Waals surface area contributed by atoms with Gasteiger partial charge in [0.05, 0.1) is 24.0 Å². The number of carbonyl (C=O) groups excluding carboxylic acids is 1. The Morgan fingerprint density at radius 1 is 1.40 bits per heavy atom. The van der Waals surface area contributed by atoms with Crippen LogP contribution in [0, 0.1) is 18.3 Å². The molecule has 2 atom stereocenters. The second-order valence-corrected chi connectivity index (χ2v) is 6.08. The van der Waals surface area contributed by atoms with Crippen molar-refractivity contribution in [1.82, 2.24) is 19.7 Å². The molecule has 25 heavy (non-hydrogen) atoms. The summed E-state index contributed by atoms with van der Waals surface area (Å²) in [4.78, 5) is 21.8. The fourth-order valence-corrected chi connectivity index (χ4v) is 2.80. The highest BCUT2D eigenvalue weighted by molar-refractivity contribution is 6.10. The van der Waals surface area contributed by atoms with Gasteiger partial charge in [-0.1, -0.05) is 13.0 Å². The first-order valence-electron chi connectivity index (χ1n) is 8.26. The molecule has 3 heterocycles. The van der Waals surface area contributed by atoms with Gasteiger partial charge in [-0.2, -0.15) is 10.4 Å². The number of hydrogen-bond donors (Lipinski definition) is 0. The van der Waals surface area contributed by atoms with E-state index in [9.17, 15) is 10.1 Å². The van der Waals surface area contributed by atoms with Crippen LogP contribution in [0.25, 0.3) is 11.0 Å². The minimum absolute atomic E-state index is 0.178. The molecule has 0 aliphatic heterocycles. The summed E-state index contributed by atoms with van der Waals surface area (Å²) in [7, 11) is 0. The summed E-state index contributed by atoms with van der Waals surface area (Å²) in [5.74, 6) is -1.22. The predicted molar refractivity (Wildman–Crippen MR) is 94.2 cm³/mol. The number of ketones is 1. The zero-order chi connectivity index (χ0) is 18.0. The summed E-state index contributed by atoms with van der Waals surface area (Å²) in [6.45, 7) is 5.98. The van der Waals surface area contributed by atoms with E-state index in [4.69, 9.17) is 0 Å². The topological polar surface area (TPSA) is 84.5 Å². The van der Waals surface area contributed by atoms with Gasteiger partial charge >= 0.3 is 0 Å². The van der Waals surface area contributed by atoms with E-state index in [0.29, 0.717) is 22.3 Å². The molecule has 0 radical (unpaired) electrons. The van der Waals surface area contributed by atoms with Gasteiger partial charge in [0.1, 0.15) is 0 Å². The van der Waals surface area contributed by atoms with Crippen LogP contribution >= 0.6 is 0 Å². The summed E-state index contributed by atoms with van der Waals surface area (Å²) in [5.41, 5.74) is 2.32. The maximum absolute atomic E-state index is 13.1. The van der Waals surface area contributed by atoms with Crippen molar-refractivity contribution < 1.29 is 4.79 Å². The number of hydrogen-bond acceptors (Lipinski definition) is 5. The number of rotatable bonds is 5. The predicted octanol–water partition coefficient (Wildman–Crippen LogP) is 3.60. The second-order valence-electron chi connectivity index (χ2n) is 6.08. The third-order valence-corrected chi connectivity index (χ3v) is 4.34. The molecule has 0 aliphatic carbocycles. The smallest absolute Gasteiger partial charge is 0.186 e. The molecule has 0 saturated carbocycles. The lowest BCUT2D eigenvalue weighted by Gasteiger charge is -2.12. The second kappa shape index (κ2) is 6.81. The van der Waals surface area contributed by atoms with E-state index < -0.39 is 5.92 Å². The Labute approximate surface area is 146 Å². The number of pyridine rings is 2. The molecule has 3 rings (SSSR count). The quantitative estimate of drug-likeness (QED) is 0.666. The van der Waals surface area contributed by atoms with Crippen molar-refractivity contribution in [3.63, 3.8) is 0 Å². The monoisotopic (exact) mass is 333 g/mol. The maximum atomic E-state index is 13.1. The molecule has 0 saturated heterocycles. The van der Waals surface area contributed by atoms with Crippen LogP contribution in [-0.4, -0.2) is 25.5 Å². The summed E-state index contributed by atoms with van der Waals surface area (Å²) in [6, 6.07) is 9.21. The van der Waals surface area contributed by atoms with E-state index in [0.717, 1.165) is 12.1 Å². The van der Waals surface area contributed by atoms with Crippen LogP contribution in [-0.2, 0) is 0 Å². The minimum atomic E-state index is -0.946. The highest BCUT2D eigenvalue weighted by Gasteiger charge is 2.26. The molecular formula is C19H19N5O. The first-order chi connectivity index (χ1) is 12.1. The Kier molecular flexibility index (Phi) is 4.57. The number of aromatic nitrogens is 4. The lowest BCUT2D eigenvalue weighted by atomic mass is 9.94. The average Bonchev–Trinajstić information content (AvgIpc) is 3.05. The van der Waals surface area contributed by atoms with Gasteiger partial charge < -0.3 is 0 Å². The number of fused-ring (bicyclic) bond motifs is 1. The van der Waals surface area contributed by atoms with Gasteiger partial charge in [0.2, 0.25) is 0 Å². The minimum Gasteiger partial charge on any atom is -0.292 e. The fraction of sp³-hybridized carbons (Fsp3) is 0.316. The Balaban J connectivity index is 2.13. The number of Topliss-reactive ketones (excluding diaryl/α,β-unsaturated/α-hetero) is 1. The van der Waals surface area contributed by atoms with Gasteiger partial charge in [-0.05, 0) is 38.5 Å². The Morgan fingerprint density at radius 3 is 2.84 bits per heavy atom. The number of nitrogens with zero attached hydrogens (tertiary/aromatic N) is 5. The van der Waals surface area contributed by atoms with Crippen molar-refractivity contribution in [2.24, 2.45) is 0 Å². The third-order valence-electron chi connectivity index (χ3n) is 4.34. The van der Waals surface area contributed by atoms with Gasteiger partial charge in [0.15, 0.2) is 17.3 Å². The number of carbonyl (C=O) groups is 1. The molecular weight excluding hydrogens is 314 g/mol. The Hall–Kier alpha value is -3.07. The normalized spacial score (nSPS) is 13.4. The van der Waals surface area contributed by atoms with E-state index >= 15 is 0 Å². The molecule has 0 bridgehead atoms. The summed E-state index contributed by atoms with van der Waals surface area (Å²) < 4.78 is 1.83. The lowest BCUT2D eigenvalue weighted by Crippen LogP contribution is -2.14.